The van der Waals surface area contributed by atoms with Crippen molar-refractivity contribution in [1.29, 1.82) is 0 Å². The Kier molecular flexibility index (Phi) is 7.20. The number of hydrogen-bond acceptors (Lipinski definition) is 1. The molecule has 12 aromatic rings. The maximum absolute atomic E-state index is 16.0. The molecule has 0 atom stereocenters. The van der Waals surface area contributed by atoms with Gasteiger partial charge in [0.2, 0.25) is 13.4 Å². The second-order valence-electron chi connectivity index (χ2n) is 17.9. The van der Waals surface area contributed by atoms with E-state index in [0.717, 1.165) is 66.7 Å². The highest BCUT2D eigenvalue weighted by atomic mass is 16.2. The molecule has 5 nitrogen and oxygen atoms in total. The van der Waals surface area contributed by atoms with Crippen molar-refractivity contribution in [1.82, 2.24) is 9.13 Å². The quantitative estimate of drug-likeness (QED) is 0.163. The summed E-state index contributed by atoms with van der Waals surface area (Å²) in [5.41, 5.74) is 17.6. The third-order valence-corrected chi connectivity index (χ3v) is 14.7. The second kappa shape index (κ2) is 13.3. The molecular formula is C59H36B2N4O. The summed E-state index contributed by atoms with van der Waals surface area (Å²) in [6.07, 6.45) is 0. The van der Waals surface area contributed by atoms with E-state index in [0.29, 0.717) is 0 Å². The highest BCUT2D eigenvalue weighted by Crippen LogP contribution is 2.48. The van der Waals surface area contributed by atoms with Gasteiger partial charge in [-0.1, -0.05) is 170 Å². The molecule has 0 bridgehead atoms. The lowest BCUT2D eigenvalue weighted by atomic mass is 9.33. The van der Waals surface area contributed by atoms with E-state index in [9.17, 15) is 0 Å². The van der Waals surface area contributed by atoms with Crippen LogP contribution in [0.2, 0.25) is 0 Å². The fourth-order valence-corrected chi connectivity index (χ4v) is 12.2. The molecule has 0 radical (unpaired) electrons. The van der Waals surface area contributed by atoms with Crippen LogP contribution in [0.3, 0.4) is 0 Å². The number of hydrogen-bond donors (Lipinski definition) is 0. The van der Waals surface area contributed by atoms with Gasteiger partial charge in [0.25, 0.3) is 0 Å². The molecule has 3 aliphatic rings. The van der Waals surface area contributed by atoms with Crippen molar-refractivity contribution in [3.8, 4) is 11.4 Å². The predicted molar refractivity (Wildman–Crippen MR) is 277 cm³/mol. The van der Waals surface area contributed by atoms with E-state index in [1.54, 1.807) is 0 Å². The zero-order valence-corrected chi connectivity index (χ0v) is 35.6. The SMILES string of the molecule is O=C1N2c3ccccc3B(c3cccc4c5ccccc5n(-c5ccccc5)c34)c3ccc4ccc5c(c4c32)N1c1ccccc1B5c1cccc2c3ccccc3n(-c3ccccc3)c12. The molecule has 0 saturated heterocycles. The van der Waals surface area contributed by atoms with Gasteiger partial charge < -0.3 is 9.13 Å². The van der Waals surface area contributed by atoms with Crippen molar-refractivity contribution < 1.29 is 4.79 Å². The summed E-state index contributed by atoms with van der Waals surface area (Å²) >= 11 is 0. The van der Waals surface area contributed by atoms with Gasteiger partial charge in [-0.05, 0) is 86.7 Å². The Morgan fingerprint density at radius 2 is 0.712 bits per heavy atom. The van der Waals surface area contributed by atoms with Gasteiger partial charge in [0.05, 0.1) is 22.4 Å². The van der Waals surface area contributed by atoms with Crippen molar-refractivity contribution in [2.45, 2.75) is 0 Å². The molecule has 2 amide bonds. The van der Waals surface area contributed by atoms with Crippen molar-refractivity contribution in [3.63, 3.8) is 0 Å². The number of anilines is 4. The fourth-order valence-electron chi connectivity index (χ4n) is 12.2. The first-order chi connectivity index (χ1) is 32.7. The highest BCUT2D eigenvalue weighted by Gasteiger charge is 2.48. The molecule has 0 unspecified atom stereocenters. The number of fused-ring (bicyclic) bond motifs is 10. The molecule has 2 aromatic heterocycles. The molecule has 0 spiro atoms. The maximum Gasteiger partial charge on any atom is 0.338 e. The van der Waals surface area contributed by atoms with Crippen LogP contribution in [-0.2, 0) is 0 Å². The van der Waals surface area contributed by atoms with Gasteiger partial charge in [0, 0.05) is 60.7 Å². The predicted octanol–water partition coefficient (Wildman–Crippen LogP) is 10.1. The van der Waals surface area contributed by atoms with Crippen LogP contribution in [0.5, 0.6) is 0 Å². The van der Waals surface area contributed by atoms with Crippen molar-refractivity contribution in [2.24, 2.45) is 0 Å². The standard InChI is InChI=1S/C59H36B2N4O/c66-59-64-52-31-13-9-25-44(52)60(46-27-15-23-42-40-21-7-11-29-50(40)62(55(42)46)38-17-3-1-4-18-38)48-35-33-37-34-36-49-58(54(37)57(48)64)65(59)53-32-14-10-26-45(53)61(49)47-28-16-24-43-41-22-8-12-30-51(41)63(56(43)47)39-19-5-2-6-20-39/h1-36H. The second-order valence-corrected chi connectivity index (χ2v) is 17.9. The summed E-state index contributed by atoms with van der Waals surface area (Å²) < 4.78 is 4.88. The molecule has 0 fully saturated rings. The smallest absolute Gasteiger partial charge is 0.310 e. The third-order valence-electron chi connectivity index (χ3n) is 14.7. The minimum Gasteiger partial charge on any atom is -0.310 e. The van der Waals surface area contributed by atoms with Gasteiger partial charge in [-0.25, -0.2) is 4.79 Å². The minimum absolute atomic E-state index is 0.0614. The van der Waals surface area contributed by atoms with Crippen LogP contribution in [0, 0.1) is 0 Å². The lowest BCUT2D eigenvalue weighted by Crippen LogP contribution is -2.64. The Hall–Kier alpha value is -8.54. The molecule has 304 valence electrons. The number of aromatic nitrogens is 2. The number of rotatable bonds is 4. The summed E-state index contributed by atoms with van der Waals surface area (Å²) in [6.45, 7) is -0.325. The van der Waals surface area contributed by atoms with Crippen LogP contribution < -0.4 is 42.6 Å². The lowest BCUT2D eigenvalue weighted by Gasteiger charge is -2.46. The number of carbonyl (C=O) groups is 1. The Bertz CT molecular complexity index is 3810. The first-order valence-corrected chi connectivity index (χ1v) is 22.8. The van der Waals surface area contributed by atoms with Gasteiger partial charge in [-0.2, -0.15) is 0 Å². The monoisotopic (exact) mass is 838 g/mol. The largest absolute Gasteiger partial charge is 0.338 e. The zero-order valence-electron chi connectivity index (χ0n) is 35.6. The number of urea groups is 1. The number of nitrogens with zero attached hydrogens (tertiary/aromatic N) is 4. The number of benzene rings is 10. The Labute approximate surface area is 381 Å². The normalized spacial score (nSPS) is 13.7. The van der Waals surface area contributed by atoms with Crippen LogP contribution in [0.1, 0.15) is 0 Å². The molecule has 0 N–H and O–H groups in total. The molecule has 7 heteroatoms. The summed E-state index contributed by atoms with van der Waals surface area (Å²) in [7, 11) is 0. The average molecular weight is 839 g/mol. The first kappa shape index (κ1) is 35.9. The van der Waals surface area contributed by atoms with Crippen molar-refractivity contribution >= 4 is 129 Å². The van der Waals surface area contributed by atoms with E-state index in [-0.39, 0.29) is 19.5 Å². The van der Waals surface area contributed by atoms with E-state index < -0.39 is 0 Å². The van der Waals surface area contributed by atoms with E-state index >= 15 is 4.79 Å². The molecule has 3 aliphatic heterocycles. The van der Waals surface area contributed by atoms with Gasteiger partial charge in [-0.3, -0.25) is 9.80 Å². The van der Waals surface area contributed by atoms with Crippen LogP contribution in [-0.4, -0.2) is 28.6 Å². The van der Waals surface area contributed by atoms with Crippen molar-refractivity contribution in [2.75, 3.05) is 9.80 Å². The molecule has 15 rings (SSSR count). The topological polar surface area (TPSA) is 33.4 Å². The molecule has 0 saturated carbocycles. The van der Waals surface area contributed by atoms with Crippen LogP contribution in [0.25, 0.3) is 65.8 Å². The van der Waals surface area contributed by atoms with Crippen LogP contribution in [0.15, 0.2) is 218 Å². The van der Waals surface area contributed by atoms with Gasteiger partial charge in [0.15, 0.2) is 0 Å². The van der Waals surface area contributed by atoms with Crippen LogP contribution in [0.4, 0.5) is 27.5 Å². The summed E-state index contributed by atoms with van der Waals surface area (Å²) in [6, 6.07) is 78.8. The molecule has 10 aromatic carbocycles. The minimum atomic E-state index is -0.162. The number of para-hydroxylation sites is 8. The molecule has 0 aliphatic carbocycles. The molecule has 5 heterocycles. The lowest BCUT2D eigenvalue weighted by molar-refractivity contribution is 0.255. The number of carbonyl (C=O) groups excluding carboxylic acids is 1. The van der Waals surface area contributed by atoms with E-state index in [2.05, 4.69) is 228 Å². The van der Waals surface area contributed by atoms with Crippen LogP contribution >= 0.6 is 0 Å². The maximum atomic E-state index is 16.0. The van der Waals surface area contributed by atoms with Gasteiger partial charge in [0.1, 0.15) is 0 Å². The first-order valence-electron chi connectivity index (χ1n) is 22.8. The highest BCUT2D eigenvalue weighted by molar-refractivity contribution is 7.01. The number of amides is 2. The van der Waals surface area contributed by atoms with E-state index in [1.807, 2.05) is 9.80 Å². The molecular weight excluding hydrogens is 802 g/mol. The fraction of sp³-hybridized carbons (Fsp3) is 0. The Morgan fingerprint density at radius 1 is 0.318 bits per heavy atom. The van der Waals surface area contributed by atoms with Gasteiger partial charge in [-0.15, -0.1) is 0 Å². The third kappa shape index (κ3) is 4.58. The van der Waals surface area contributed by atoms with E-state index in [1.165, 1.54) is 54.5 Å². The summed E-state index contributed by atoms with van der Waals surface area (Å²) in [4.78, 5) is 20.0. The molecule has 66 heavy (non-hydrogen) atoms. The van der Waals surface area contributed by atoms with Gasteiger partial charge >= 0.3 is 6.03 Å². The zero-order chi connectivity index (χ0) is 43.2. The Morgan fingerprint density at radius 3 is 1.20 bits per heavy atom. The average Bonchev–Trinajstić information content (AvgIpc) is 3.91. The van der Waals surface area contributed by atoms with E-state index in [4.69, 9.17) is 0 Å². The Balaban J connectivity index is 1.05. The summed E-state index contributed by atoms with van der Waals surface area (Å²) in [5, 5.41) is 7.07. The summed E-state index contributed by atoms with van der Waals surface area (Å²) in [5.74, 6) is 0. The van der Waals surface area contributed by atoms with Crippen molar-refractivity contribution in [3.05, 3.63) is 218 Å².